The number of benzene rings is 2. The zero-order valence-corrected chi connectivity index (χ0v) is 19.5. The van der Waals surface area contributed by atoms with Gasteiger partial charge in [0.05, 0.1) is 61.5 Å². The summed E-state index contributed by atoms with van der Waals surface area (Å²) in [4.78, 5) is 10.6. The van der Waals surface area contributed by atoms with Gasteiger partial charge in [0.25, 0.3) is 6.47 Å². The number of carbonyl (C=O) groups is 1. The molecule has 0 bridgehead atoms. The molecule has 0 unspecified atom stereocenters. The van der Waals surface area contributed by atoms with Crippen molar-refractivity contribution in [3.63, 3.8) is 0 Å². The Morgan fingerprint density at radius 3 is 2.61 bits per heavy atom. The van der Waals surface area contributed by atoms with E-state index < -0.39 is 7.12 Å². The Kier molecular flexibility index (Phi) is 7.63. The highest BCUT2D eigenvalue weighted by Gasteiger charge is 2.23. The number of anilines is 2. The fourth-order valence-corrected chi connectivity index (χ4v) is 4.06. The molecule has 0 spiro atoms. The van der Waals surface area contributed by atoms with Crippen LogP contribution in [-0.4, -0.2) is 82.1 Å². The highest BCUT2D eigenvalue weighted by atomic mass is 16.5. The van der Waals surface area contributed by atoms with E-state index in [4.69, 9.17) is 25.1 Å². The Labute approximate surface area is 206 Å². The molecule has 5 rings (SSSR count). The van der Waals surface area contributed by atoms with Crippen LogP contribution in [0.2, 0.25) is 0 Å². The molecule has 0 radical (unpaired) electrons. The van der Waals surface area contributed by atoms with Crippen molar-refractivity contribution in [3.05, 3.63) is 48.9 Å². The highest BCUT2D eigenvalue weighted by Crippen LogP contribution is 2.32. The minimum atomic E-state index is -1.70. The van der Waals surface area contributed by atoms with Crippen LogP contribution in [0.5, 0.6) is 5.75 Å². The van der Waals surface area contributed by atoms with Crippen molar-refractivity contribution in [1.29, 1.82) is 0 Å². The van der Waals surface area contributed by atoms with E-state index in [9.17, 15) is 10.0 Å². The minimum absolute atomic E-state index is 0.246. The second-order valence-electron chi connectivity index (χ2n) is 7.86. The Hall–Kier alpha value is -4.20. The van der Waals surface area contributed by atoms with Crippen LogP contribution in [0.4, 0.5) is 11.4 Å². The largest absolute Gasteiger partial charge is 0.497 e. The fourth-order valence-electron chi connectivity index (χ4n) is 4.06. The van der Waals surface area contributed by atoms with E-state index in [1.165, 1.54) is 13.3 Å². The number of nitrogens with two attached hydrogens (primary N) is 1. The molecule has 0 atom stereocenters. The van der Waals surface area contributed by atoms with E-state index in [0.717, 1.165) is 35.3 Å². The number of nitrogens with zero attached hydrogens (tertiary/aromatic N) is 5. The van der Waals surface area contributed by atoms with Crippen LogP contribution < -0.4 is 20.8 Å². The number of carboxylic acid groups (broad SMARTS) is 1. The van der Waals surface area contributed by atoms with E-state index in [2.05, 4.69) is 20.2 Å². The van der Waals surface area contributed by atoms with Crippen LogP contribution in [0.15, 0.2) is 48.9 Å². The zero-order valence-electron chi connectivity index (χ0n) is 19.5. The maximum Gasteiger partial charge on any atom is 0.492 e. The first-order valence-electron chi connectivity index (χ1n) is 11.0. The number of hydrogen-bond donors (Lipinski definition) is 4. The van der Waals surface area contributed by atoms with E-state index in [1.54, 1.807) is 16.8 Å². The SMILES string of the molecule is COc1cc(-n2cc(N3CCOCC3)cn2)c(-c2ccc3c(N)cnnc3c2)cc1B(O)O.O=CO. The van der Waals surface area contributed by atoms with Gasteiger partial charge in [0.15, 0.2) is 0 Å². The molecule has 12 nitrogen and oxygen atoms in total. The average molecular weight is 492 g/mol. The number of hydrogen-bond acceptors (Lipinski definition) is 10. The molecule has 4 aromatic rings. The Morgan fingerprint density at radius 1 is 1.17 bits per heavy atom. The van der Waals surface area contributed by atoms with Gasteiger partial charge >= 0.3 is 7.12 Å². The normalized spacial score (nSPS) is 13.1. The predicted molar refractivity (Wildman–Crippen MR) is 135 cm³/mol. The Balaban J connectivity index is 0.000000967. The highest BCUT2D eigenvalue weighted by molar-refractivity contribution is 6.60. The lowest BCUT2D eigenvalue weighted by molar-refractivity contribution is -0.122. The number of aromatic nitrogens is 4. The zero-order chi connectivity index (χ0) is 25.7. The van der Waals surface area contributed by atoms with Gasteiger partial charge in [0.2, 0.25) is 0 Å². The quantitative estimate of drug-likeness (QED) is 0.223. The first-order valence-corrected chi connectivity index (χ1v) is 11.0. The van der Waals surface area contributed by atoms with E-state index in [0.29, 0.717) is 35.9 Å². The lowest BCUT2D eigenvalue weighted by Crippen LogP contribution is -2.35. The number of fused-ring (bicyclic) bond motifs is 1. The molecule has 36 heavy (non-hydrogen) atoms. The molecule has 13 heteroatoms. The maximum atomic E-state index is 9.95. The third-order valence-electron chi connectivity index (χ3n) is 5.80. The van der Waals surface area contributed by atoms with Crippen LogP contribution in [0, 0.1) is 0 Å². The molecule has 2 aromatic carbocycles. The molecule has 1 aliphatic heterocycles. The number of morpholine rings is 1. The standard InChI is InChI=1S/C22H23BN6O4.CH2O2/c1-32-22-10-21(29-13-15(11-26-29)28-4-6-33-7-5-28)17(9-18(22)23(30)31)14-2-3-16-19(24)12-25-27-20(16)8-14;2-1-3/h2-3,8-13,30-31H,4-7H2,1H3,(H2,24,27);1H,(H,2,3). The molecule has 1 saturated heterocycles. The molecule has 1 fully saturated rings. The van der Waals surface area contributed by atoms with Crippen molar-refractivity contribution in [3.8, 4) is 22.6 Å². The minimum Gasteiger partial charge on any atom is -0.497 e. The summed E-state index contributed by atoms with van der Waals surface area (Å²) in [5.74, 6) is 0.344. The molecule has 2 aromatic heterocycles. The summed E-state index contributed by atoms with van der Waals surface area (Å²) >= 11 is 0. The van der Waals surface area contributed by atoms with Crippen LogP contribution in [0.3, 0.4) is 0 Å². The fraction of sp³-hybridized carbons (Fsp3) is 0.217. The van der Waals surface area contributed by atoms with Crippen LogP contribution in [-0.2, 0) is 9.53 Å². The second kappa shape index (κ2) is 11.0. The van der Waals surface area contributed by atoms with Gasteiger partial charge < -0.3 is 35.3 Å². The van der Waals surface area contributed by atoms with Crippen LogP contribution in [0.25, 0.3) is 27.7 Å². The second-order valence-corrected chi connectivity index (χ2v) is 7.86. The summed E-state index contributed by atoms with van der Waals surface area (Å²) in [5.41, 5.74) is 10.7. The molecule has 5 N–H and O–H groups in total. The third kappa shape index (κ3) is 5.08. The molecule has 0 saturated carbocycles. The summed E-state index contributed by atoms with van der Waals surface area (Å²) < 4.78 is 12.6. The van der Waals surface area contributed by atoms with Gasteiger partial charge in [-0.25, -0.2) is 4.68 Å². The van der Waals surface area contributed by atoms with Gasteiger partial charge in [0, 0.05) is 35.6 Å². The number of ether oxygens (including phenoxy) is 2. The van der Waals surface area contributed by atoms with Gasteiger partial charge in [0.1, 0.15) is 5.75 Å². The lowest BCUT2D eigenvalue weighted by atomic mass is 9.77. The monoisotopic (exact) mass is 492 g/mol. The Bertz CT molecular complexity index is 1360. The molecular weight excluding hydrogens is 467 g/mol. The maximum absolute atomic E-state index is 9.95. The van der Waals surface area contributed by atoms with Crippen molar-refractivity contribution in [1.82, 2.24) is 20.0 Å². The molecule has 186 valence electrons. The summed E-state index contributed by atoms with van der Waals surface area (Å²) in [7, 11) is -0.216. The number of rotatable bonds is 5. The van der Waals surface area contributed by atoms with Crippen molar-refractivity contribution in [2.75, 3.05) is 44.0 Å². The van der Waals surface area contributed by atoms with Crippen molar-refractivity contribution in [2.45, 2.75) is 0 Å². The van der Waals surface area contributed by atoms with Gasteiger partial charge in [-0.1, -0.05) is 6.07 Å². The molecule has 0 aliphatic carbocycles. The van der Waals surface area contributed by atoms with Gasteiger partial charge in [-0.2, -0.15) is 15.3 Å². The van der Waals surface area contributed by atoms with Gasteiger partial charge in [-0.3, -0.25) is 4.79 Å². The topological polar surface area (TPSA) is 169 Å². The van der Waals surface area contributed by atoms with Crippen molar-refractivity contribution >= 4 is 41.3 Å². The van der Waals surface area contributed by atoms with Crippen LogP contribution >= 0.6 is 0 Å². The van der Waals surface area contributed by atoms with Crippen molar-refractivity contribution < 1.29 is 29.4 Å². The molecule has 1 aliphatic rings. The molecule has 3 heterocycles. The first kappa shape index (κ1) is 24.9. The first-order chi connectivity index (χ1) is 17.5. The molecule has 0 amide bonds. The predicted octanol–water partition coefficient (Wildman–Crippen LogP) is 0.291. The van der Waals surface area contributed by atoms with E-state index >= 15 is 0 Å². The smallest absolute Gasteiger partial charge is 0.492 e. The van der Waals surface area contributed by atoms with Crippen molar-refractivity contribution in [2.24, 2.45) is 0 Å². The van der Waals surface area contributed by atoms with Crippen LogP contribution in [0.1, 0.15) is 0 Å². The number of nitrogen functional groups attached to an aromatic ring is 1. The van der Waals surface area contributed by atoms with E-state index in [1.807, 2.05) is 30.6 Å². The van der Waals surface area contributed by atoms with Gasteiger partial charge in [-0.15, -0.1) is 0 Å². The third-order valence-corrected chi connectivity index (χ3v) is 5.80. The summed E-state index contributed by atoms with van der Waals surface area (Å²) in [6.07, 6.45) is 5.26. The molecular formula is C23H25BN6O6. The Morgan fingerprint density at radius 2 is 1.92 bits per heavy atom. The lowest BCUT2D eigenvalue weighted by Gasteiger charge is -2.27. The summed E-state index contributed by atoms with van der Waals surface area (Å²) in [5, 5.41) is 40.3. The average Bonchev–Trinajstić information content (AvgIpc) is 3.39. The van der Waals surface area contributed by atoms with E-state index in [-0.39, 0.29) is 11.9 Å². The summed E-state index contributed by atoms with van der Waals surface area (Å²) in [6.45, 7) is 2.69. The summed E-state index contributed by atoms with van der Waals surface area (Å²) in [6, 6.07) is 9.08. The van der Waals surface area contributed by atoms with Gasteiger partial charge in [-0.05, 0) is 23.8 Å². The number of methoxy groups -OCH3 is 1.